The van der Waals surface area contributed by atoms with E-state index >= 15 is 0 Å². The molecule has 39 heavy (non-hydrogen) atoms. The van der Waals surface area contributed by atoms with Crippen LogP contribution in [0.4, 0.5) is 10.8 Å². The van der Waals surface area contributed by atoms with Crippen LogP contribution in [0.5, 0.6) is 5.75 Å². The summed E-state index contributed by atoms with van der Waals surface area (Å²) in [5.74, 6) is -2.05. The summed E-state index contributed by atoms with van der Waals surface area (Å²) in [4.78, 5) is 43.7. The maximum absolute atomic E-state index is 13.9. The molecule has 3 heterocycles. The third kappa shape index (κ3) is 3.99. The fourth-order valence-corrected chi connectivity index (χ4v) is 5.83. The van der Waals surface area contributed by atoms with Crippen molar-refractivity contribution in [1.82, 2.24) is 4.98 Å². The zero-order valence-corrected chi connectivity index (χ0v) is 21.5. The molecule has 1 N–H and O–H groups in total. The van der Waals surface area contributed by atoms with Gasteiger partial charge in [-0.1, -0.05) is 35.1 Å². The number of nitrogens with zero attached hydrogens (tertiary/aromatic N) is 3. The van der Waals surface area contributed by atoms with E-state index in [1.165, 1.54) is 42.3 Å². The van der Waals surface area contributed by atoms with Crippen LogP contribution in [0, 0.1) is 10.1 Å². The quantitative estimate of drug-likeness (QED) is 0.143. The zero-order valence-electron chi connectivity index (χ0n) is 20.0. The number of carbonyl (C=O) groups is 2. The van der Waals surface area contributed by atoms with Crippen molar-refractivity contribution in [3.63, 3.8) is 0 Å². The van der Waals surface area contributed by atoms with Crippen molar-refractivity contribution in [3.05, 3.63) is 105 Å². The normalized spacial score (nSPS) is 15.5. The van der Waals surface area contributed by atoms with E-state index in [-0.39, 0.29) is 22.2 Å². The molecule has 12 heteroatoms. The summed E-state index contributed by atoms with van der Waals surface area (Å²) < 4.78 is 11.8. The lowest BCUT2D eigenvalue weighted by molar-refractivity contribution is -0.384. The van der Waals surface area contributed by atoms with E-state index in [9.17, 15) is 24.8 Å². The minimum Gasteiger partial charge on any atom is -0.503 e. The van der Waals surface area contributed by atoms with Crippen molar-refractivity contribution >= 4 is 66.6 Å². The summed E-state index contributed by atoms with van der Waals surface area (Å²) in [6, 6.07) is 15.9. The molecular formula is C27H16ClN3O7S. The molecule has 1 atom stereocenters. The lowest BCUT2D eigenvalue weighted by Gasteiger charge is -2.24. The van der Waals surface area contributed by atoms with Crippen molar-refractivity contribution in [2.75, 3.05) is 12.0 Å². The summed E-state index contributed by atoms with van der Waals surface area (Å²) >= 11 is 7.27. The number of carbonyl (C=O) groups excluding carboxylic acids is 2. The second-order valence-corrected chi connectivity index (χ2v) is 10.1. The monoisotopic (exact) mass is 561 g/mol. The Morgan fingerprint density at radius 1 is 1.18 bits per heavy atom. The van der Waals surface area contributed by atoms with E-state index in [1.807, 2.05) is 0 Å². The Morgan fingerprint density at radius 3 is 2.67 bits per heavy atom. The highest BCUT2D eigenvalue weighted by Gasteiger charge is 2.46. The SMILES string of the molecule is COc1cccc2cc(C(=O)C3=C(O)C(=O)N(c4nc5ccc(Cl)cc5s4)C3c3ccc([N+](=O)[O-])cc3)oc12. The lowest BCUT2D eigenvalue weighted by atomic mass is 9.95. The number of aliphatic hydroxyl groups is 1. The minimum absolute atomic E-state index is 0.117. The number of fused-ring (bicyclic) bond motifs is 2. The number of thiazole rings is 1. The van der Waals surface area contributed by atoms with E-state index in [0.717, 1.165) is 11.3 Å². The first-order chi connectivity index (χ1) is 18.8. The number of ether oxygens (including phenoxy) is 1. The Hall–Kier alpha value is -4.74. The number of Topliss-reactive ketones (excluding diaryl/α,β-unsaturated/α-hetero) is 1. The Morgan fingerprint density at radius 2 is 1.95 bits per heavy atom. The van der Waals surface area contributed by atoms with Crippen LogP contribution < -0.4 is 9.64 Å². The van der Waals surface area contributed by atoms with Gasteiger partial charge in [0.15, 0.2) is 28.0 Å². The second kappa shape index (κ2) is 9.22. The highest BCUT2D eigenvalue weighted by Crippen LogP contribution is 2.45. The topological polar surface area (TPSA) is 136 Å². The van der Waals surface area contributed by atoms with Crippen LogP contribution in [-0.4, -0.2) is 33.8 Å². The van der Waals surface area contributed by atoms with Crippen molar-refractivity contribution in [2.24, 2.45) is 0 Å². The van der Waals surface area contributed by atoms with Crippen LogP contribution in [0.3, 0.4) is 0 Å². The average molecular weight is 562 g/mol. The number of anilines is 1. The molecule has 1 aliphatic heterocycles. The van der Waals surface area contributed by atoms with Crippen LogP contribution in [0.15, 0.2) is 82.5 Å². The number of nitro benzene ring substituents is 1. The molecule has 1 amide bonds. The standard InChI is InChI=1S/C27H16ClN3O7S/c1-37-18-4-2-3-14-11-19(38-25(14)18)23(32)21-22(13-5-8-16(9-6-13)31(35)36)30(26(34)24(21)33)27-29-17-10-7-15(28)12-20(17)39-27/h2-12,22,33H,1H3. The van der Waals surface area contributed by atoms with Gasteiger partial charge in [-0.05, 0) is 48.0 Å². The first-order valence-corrected chi connectivity index (χ1v) is 12.6. The molecule has 5 aromatic rings. The second-order valence-electron chi connectivity index (χ2n) is 8.62. The van der Waals surface area contributed by atoms with Crippen molar-refractivity contribution in [3.8, 4) is 5.75 Å². The molecule has 194 valence electrons. The summed E-state index contributed by atoms with van der Waals surface area (Å²) in [5, 5.41) is 23.6. The van der Waals surface area contributed by atoms with Crippen LogP contribution in [0.2, 0.25) is 5.02 Å². The molecule has 0 aliphatic carbocycles. The minimum atomic E-state index is -1.14. The number of aliphatic hydroxyl groups excluding tert-OH is 1. The number of furan rings is 1. The third-order valence-corrected chi connectivity index (χ3v) is 7.62. The fraction of sp³-hybridized carbons (Fsp3) is 0.0741. The number of hydrogen-bond acceptors (Lipinski definition) is 9. The predicted octanol–water partition coefficient (Wildman–Crippen LogP) is 6.40. The molecule has 0 saturated heterocycles. The number of aromatic nitrogens is 1. The summed E-state index contributed by atoms with van der Waals surface area (Å²) in [6.07, 6.45) is 0. The van der Waals surface area contributed by atoms with Gasteiger partial charge in [-0.3, -0.25) is 24.6 Å². The van der Waals surface area contributed by atoms with Gasteiger partial charge in [0.05, 0.1) is 33.9 Å². The Bertz CT molecular complexity index is 1860. The van der Waals surface area contributed by atoms with Gasteiger partial charge >= 0.3 is 0 Å². The number of amides is 1. The maximum atomic E-state index is 13.9. The van der Waals surface area contributed by atoms with Gasteiger partial charge in [0.25, 0.3) is 11.6 Å². The molecule has 1 aliphatic rings. The fourth-order valence-electron chi connectivity index (χ4n) is 4.56. The van der Waals surface area contributed by atoms with Gasteiger partial charge in [-0.2, -0.15) is 0 Å². The van der Waals surface area contributed by atoms with Gasteiger partial charge in [-0.25, -0.2) is 4.98 Å². The number of benzene rings is 3. The highest BCUT2D eigenvalue weighted by atomic mass is 35.5. The van der Waals surface area contributed by atoms with E-state index in [0.29, 0.717) is 37.5 Å². The Labute approximate surface area is 228 Å². The van der Waals surface area contributed by atoms with E-state index in [4.69, 9.17) is 20.8 Å². The zero-order chi connectivity index (χ0) is 27.4. The van der Waals surface area contributed by atoms with E-state index in [1.54, 1.807) is 36.4 Å². The number of hydrogen-bond donors (Lipinski definition) is 1. The number of nitro groups is 1. The summed E-state index contributed by atoms with van der Waals surface area (Å²) in [5.41, 5.74) is 0.837. The number of para-hydroxylation sites is 1. The molecular weight excluding hydrogens is 546 g/mol. The number of ketones is 1. The van der Waals surface area contributed by atoms with E-state index < -0.39 is 28.4 Å². The Kier molecular flexibility index (Phi) is 5.82. The van der Waals surface area contributed by atoms with Gasteiger partial charge in [0.2, 0.25) is 5.78 Å². The van der Waals surface area contributed by atoms with E-state index in [2.05, 4.69) is 4.98 Å². The van der Waals surface area contributed by atoms with Crippen LogP contribution >= 0.6 is 22.9 Å². The molecule has 3 aromatic carbocycles. The highest BCUT2D eigenvalue weighted by molar-refractivity contribution is 7.22. The molecule has 0 saturated carbocycles. The molecule has 6 rings (SSSR count). The van der Waals surface area contributed by atoms with Crippen LogP contribution in [0.25, 0.3) is 21.2 Å². The first kappa shape index (κ1) is 24.6. The number of halogens is 1. The number of rotatable bonds is 6. The van der Waals surface area contributed by atoms with Crippen LogP contribution in [0.1, 0.15) is 22.2 Å². The third-order valence-electron chi connectivity index (χ3n) is 6.37. The Balaban J connectivity index is 1.51. The predicted molar refractivity (Wildman–Crippen MR) is 145 cm³/mol. The molecule has 0 spiro atoms. The van der Waals surface area contributed by atoms with Gasteiger partial charge in [0.1, 0.15) is 0 Å². The molecule has 1 unspecified atom stereocenters. The lowest BCUT2D eigenvalue weighted by Crippen LogP contribution is -2.30. The smallest absolute Gasteiger partial charge is 0.296 e. The molecule has 0 bridgehead atoms. The molecule has 2 aromatic heterocycles. The van der Waals surface area contributed by atoms with Crippen molar-refractivity contribution in [2.45, 2.75) is 6.04 Å². The molecule has 0 fully saturated rings. The maximum Gasteiger partial charge on any atom is 0.296 e. The first-order valence-electron chi connectivity index (χ1n) is 11.4. The van der Waals surface area contributed by atoms with Gasteiger partial charge in [0, 0.05) is 22.5 Å². The van der Waals surface area contributed by atoms with Crippen molar-refractivity contribution in [1.29, 1.82) is 0 Å². The number of non-ortho nitro benzene ring substituents is 1. The average Bonchev–Trinajstić information content (AvgIpc) is 3.62. The van der Waals surface area contributed by atoms with Gasteiger partial charge in [-0.15, -0.1) is 0 Å². The largest absolute Gasteiger partial charge is 0.503 e. The van der Waals surface area contributed by atoms with Gasteiger partial charge < -0.3 is 14.3 Å². The molecule has 0 radical (unpaired) electrons. The van der Waals surface area contributed by atoms with Crippen LogP contribution in [-0.2, 0) is 4.79 Å². The van der Waals surface area contributed by atoms with Crippen molar-refractivity contribution < 1.29 is 28.8 Å². The summed E-state index contributed by atoms with van der Waals surface area (Å²) in [6.45, 7) is 0. The molecule has 10 nitrogen and oxygen atoms in total. The summed E-state index contributed by atoms with van der Waals surface area (Å²) in [7, 11) is 1.47. The number of methoxy groups -OCH3 is 1.